The molecule has 1 aromatic heterocycles. The Balaban J connectivity index is 2.38. The molecule has 3 N–H and O–H groups in total. The molecule has 7 heteroatoms. The molecule has 1 atom stereocenters. The van der Waals surface area contributed by atoms with Crippen molar-refractivity contribution in [3.8, 4) is 0 Å². The fraction of sp³-hybridized carbons (Fsp3) is 0.500. The minimum Gasteiger partial charge on any atom is -0.310 e. The van der Waals surface area contributed by atoms with Crippen molar-refractivity contribution < 1.29 is 12.8 Å². The van der Waals surface area contributed by atoms with Crippen LogP contribution in [-0.2, 0) is 10.0 Å². The van der Waals surface area contributed by atoms with Gasteiger partial charge in [-0.1, -0.05) is 0 Å². The van der Waals surface area contributed by atoms with E-state index in [1.54, 1.807) is 6.20 Å². The Hall–Kier alpha value is -1.05. The van der Waals surface area contributed by atoms with Gasteiger partial charge in [-0.3, -0.25) is 4.98 Å². The van der Waals surface area contributed by atoms with E-state index in [0.717, 1.165) is 11.8 Å². The molecule has 96 valence electrons. The van der Waals surface area contributed by atoms with Crippen molar-refractivity contribution in [2.75, 3.05) is 12.3 Å². The van der Waals surface area contributed by atoms with Crippen LogP contribution in [0.25, 0.3) is 0 Å². The molecule has 0 bridgehead atoms. The molecule has 0 radical (unpaired) electrons. The number of aromatic nitrogens is 1. The van der Waals surface area contributed by atoms with E-state index >= 15 is 0 Å². The van der Waals surface area contributed by atoms with Crippen LogP contribution < -0.4 is 10.5 Å². The smallest absolute Gasteiger partial charge is 0.209 e. The maximum Gasteiger partial charge on any atom is 0.209 e. The van der Waals surface area contributed by atoms with Crippen LogP contribution in [0.1, 0.15) is 24.9 Å². The van der Waals surface area contributed by atoms with E-state index in [-0.39, 0.29) is 17.6 Å². The summed E-state index contributed by atoms with van der Waals surface area (Å²) in [5.74, 6) is -0.450. The fourth-order valence-electron chi connectivity index (χ4n) is 1.37. The molecular formula is C10H16FN3O2S. The second kappa shape index (κ2) is 6.04. The Kier molecular flexibility index (Phi) is 4.98. The average molecular weight is 261 g/mol. The molecule has 0 aliphatic heterocycles. The lowest BCUT2D eigenvalue weighted by Crippen LogP contribution is -2.24. The molecule has 0 saturated carbocycles. The van der Waals surface area contributed by atoms with E-state index in [2.05, 4.69) is 10.3 Å². The number of hydrogen-bond donors (Lipinski definition) is 2. The zero-order chi connectivity index (χ0) is 12.9. The summed E-state index contributed by atoms with van der Waals surface area (Å²) in [4.78, 5) is 3.74. The van der Waals surface area contributed by atoms with E-state index < -0.39 is 10.0 Å². The predicted molar refractivity (Wildman–Crippen MR) is 63.2 cm³/mol. The largest absolute Gasteiger partial charge is 0.310 e. The third-order valence-corrected chi connectivity index (χ3v) is 3.14. The first-order valence-electron chi connectivity index (χ1n) is 5.23. The number of nitrogens with zero attached hydrogens (tertiary/aromatic N) is 1. The number of nitrogens with two attached hydrogens (primary N) is 1. The van der Waals surface area contributed by atoms with Crippen LogP contribution >= 0.6 is 0 Å². The van der Waals surface area contributed by atoms with Gasteiger partial charge < -0.3 is 5.32 Å². The quantitative estimate of drug-likeness (QED) is 0.732. The molecule has 1 rings (SSSR count). The number of primary sulfonamides is 1. The molecule has 1 unspecified atom stereocenters. The van der Waals surface area contributed by atoms with Crippen molar-refractivity contribution in [1.29, 1.82) is 0 Å². The Labute approximate surface area is 100 Å². The SMILES string of the molecule is CC(NCCCS(N)(=O)=O)c1cncc(F)c1. The Bertz CT molecular complexity index is 464. The summed E-state index contributed by atoms with van der Waals surface area (Å²) in [6.45, 7) is 2.35. The molecule has 0 saturated heterocycles. The lowest BCUT2D eigenvalue weighted by Gasteiger charge is -2.13. The van der Waals surface area contributed by atoms with Gasteiger partial charge in [0, 0.05) is 12.2 Å². The summed E-state index contributed by atoms with van der Waals surface area (Å²) < 4.78 is 34.2. The first kappa shape index (κ1) is 14.0. The van der Waals surface area contributed by atoms with E-state index in [4.69, 9.17) is 5.14 Å². The molecule has 1 aromatic rings. The second-order valence-corrected chi connectivity index (χ2v) is 5.57. The van der Waals surface area contributed by atoms with Crippen LogP contribution in [0.15, 0.2) is 18.5 Å². The molecule has 0 aliphatic carbocycles. The zero-order valence-electron chi connectivity index (χ0n) is 9.56. The Morgan fingerprint density at radius 2 is 2.24 bits per heavy atom. The predicted octanol–water partition coefficient (Wildman–Crippen LogP) is 0.550. The molecule has 0 aliphatic rings. The molecule has 1 heterocycles. The van der Waals surface area contributed by atoms with Crippen LogP contribution in [0, 0.1) is 5.82 Å². The van der Waals surface area contributed by atoms with Crippen LogP contribution in [0.2, 0.25) is 0 Å². The standard InChI is InChI=1S/C10H16FN3O2S/c1-8(9-5-10(11)7-13-6-9)14-3-2-4-17(12,15)16/h5-8,14H,2-4H2,1H3,(H2,12,15,16). The van der Waals surface area contributed by atoms with Crippen LogP contribution in [-0.4, -0.2) is 25.7 Å². The summed E-state index contributed by atoms with van der Waals surface area (Å²) in [7, 11) is -3.41. The van der Waals surface area contributed by atoms with Crippen molar-refractivity contribution in [1.82, 2.24) is 10.3 Å². The topological polar surface area (TPSA) is 85.1 Å². The molecule has 17 heavy (non-hydrogen) atoms. The van der Waals surface area contributed by atoms with Gasteiger partial charge in [-0.25, -0.2) is 17.9 Å². The molecule has 0 aromatic carbocycles. The normalized spacial score (nSPS) is 13.6. The van der Waals surface area contributed by atoms with Crippen molar-refractivity contribution >= 4 is 10.0 Å². The first-order valence-corrected chi connectivity index (χ1v) is 6.94. The van der Waals surface area contributed by atoms with E-state index in [0.29, 0.717) is 13.0 Å². The Morgan fingerprint density at radius 3 is 2.82 bits per heavy atom. The highest BCUT2D eigenvalue weighted by Crippen LogP contribution is 2.11. The number of pyridine rings is 1. The fourth-order valence-corrected chi connectivity index (χ4v) is 1.92. The third kappa shape index (κ3) is 5.71. The van der Waals surface area contributed by atoms with Crippen LogP contribution in [0.5, 0.6) is 0 Å². The summed E-state index contributed by atoms with van der Waals surface area (Å²) in [6.07, 6.45) is 3.13. The number of sulfonamides is 1. The lowest BCUT2D eigenvalue weighted by molar-refractivity contribution is 0.552. The van der Waals surface area contributed by atoms with Gasteiger partial charge in [0.2, 0.25) is 10.0 Å². The van der Waals surface area contributed by atoms with Gasteiger partial charge in [0.25, 0.3) is 0 Å². The van der Waals surface area contributed by atoms with Crippen molar-refractivity contribution in [2.24, 2.45) is 5.14 Å². The number of rotatable bonds is 6. The maximum absolute atomic E-state index is 12.9. The van der Waals surface area contributed by atoms with E-state index in [1.165, 1.54) is 6.07 Å². The highest BCUT2D eigenvalue weighted by atomic mass is 32.2. The molecule has 5 nitrogen and oxygen atoms in total. The minimum absolute atomic E-state index is 0.0614. The molecular weight excluding hydrogens is 245 g/mol. The van der Waals surface area contributed by atoms with Gasteiger partial charge >= 0.3 is 0 Å². The monoisotopic (exact) mass is 261 g/mol. The summed E-state index contributed by atoms with van der Waals surface area (Å²) in [6, 6.07) is 1.31. The molecule has 0 amide bonds. The highest BCUT2D eigenvalue weighted by molar-refractivity contribution is 7.89. The van der Waals surface area contributed by atoms with Gasteiger partial charge in [0.15, 0.2) is 0 Å². The van der Waals surface area contributed by atoms with Gasteiger partial charge in [-0.05, 0) is 31.5 Å². The number of halogens is 1. The van der Waals surface area contributed by atoms with Gasteiger partial charge in [0.05, 0.1) is 11.9 Å². The number of hydrogen-bond acceptors (Lipinski definition) is 4. The lowest BCUT2D eigenvalue weighted by atomic mass is 10.1. The van der Waals surface area contributed by atoms with Crippen molar-refractivity contribution in [3.05, 3.63) is 29.8 Å². The third-order valence-electron chi connectivity index (χ3n) is 2.28. The Morgan fingerprint density at radius 1 is 1.53 bits per heavy atom. The minimum atomic E-state index is -3.41. The average Bonchev–Trinajstić information content (AvgIpc) is 2.23. The van der Waals surface area contributed by atoms with Gasteiger partial charge in [-0.15, -0.1) is 0 Å². The van der Waals surface area contributed by atoms with Crippen LogP contribution in [0.4, 0.5) is 4.39 Å². The van der Waals surface area contributed by atoms with Crippen LogP contribution in [0.3, 0.4) is 0 Å². The maximum atomic E-state index is 12.9. The summed E-state index contributed by atoms with van der Waals surface area (Å²) in [5.41, 5.74) is 0.723. The van der Waals surface area contributed by atoms with Gasteiger partial charge in [0.1, 0.15) is 5.82 Å². The zero-order valence-corrected chi connectivity index (χ0v) is 10.4. The second-order valence-electron chi connectivity index (χ2n) is 3.83. The first-order chi connectivity index (χ1) is 7.88. The van der Waals surface area contributed by atoms with Crippen molar-refractivity contribution in [3.63, 3.8) is 0 Å². The summed E-state index contributed by atoms with van der Waals surface area (Å²) in [5, 5.41) is 7.94. The molecule has 0 spiro atoms. The van der Waals surface area contributed by atoms with Crippen molar-refractivity contribution in [2.45, 2.75) is 19.4 Å². The summed E-state index contributed by atoms with van der Waals surface area (Å²) >= 11 is 0. The number of nitrogens with one attached hydrogen (secondary N) is 1. The van der Waals surface area contributed by atoms with Gasteiger partial charge in [-0.2, -0.15) is 0 Å². The van der Waals surface area contributed by atoms with E-state index in [1.807, 2.05) is 6.92 Å². The molecule has 0 fully saturated rings. The van der Waals surface area contributed by atoms with E-state index in [9.17, 15) is 12.8 Å². The highest BCUT2D eigenvalue weighted by Gasteiger charge is 2.07.